The third-order valence-electron chi connectivity index (χ3n) is 3.86. The van der Waals surface area contributed by atoms with Crippen LogP contribution in [0.25, 0.3) is 0 Å². The summed E-state index contributed by atoms with van der Waals surface area (Å²) >= 11 is 1.50. The zero-order valence-corrected chi connectivity index (χ0v) is 16.5. The van der Waals surface area contributed by atoms with Crippen molar-refractivity contribution in [2.24, 2.45) is 10.7 Å². The van der Waals surface area contributed by atoms with Crippen LogP contribution in [-0.4, -0.2) is 32.6 Å². The van der Waals surface area contributed by atoms with Gasteiger partial charge in [-0.05, 0) is 42.7 Å². The number of amides is 1. The van der Waals surface area contributed by atoms with Crippen LogP contribution in [-0.2, 0) is 12.8 Å². The van der Waals surface area contributed by atoms with Gasteiger partial charge in [-0.1, -0.05) is 18.2 Å². The molecule has 0 atom stereocenters. The minimum absolute atomic E-state index is 0.0265. The van der Waals surface area contributed by atoms with Gasteiger partial charge in [0.1, 0.15) is 5.75 Å². The van der Waals surface area contributed by atoms with Crippen LogP contribution >= 0.6 is 11.3 Å². The molecule has 0 radical (unpaired) electrons. The second-order valence-corrected chi connectivity index (χ2v) is 7.00. The van der Waals surface area contributed by atoms with Crippen LogP contribution in [0.1, 0.15) is 26.5 Å². The molecule has 2 rings (SSSR count). The summed E-state index contributed by atoms with van der Waals surface area (Å²) < 4.78 is 5.22. The highest BCUT2D eigenvalue weighted by Crippen LogP contribution is 2.17. The lowest BCUT2D eigenvalue weighted by Gasteiger charge is -2.05. The largest absolute Gasteiger partial charge is 0.497 e. The van der Waals surface area contributed by atoms with Gasteiger partial charge in [-0.25, -0.2) is 0 Å². The Morgan fingerprint density at radius 2 is 2.19 bits per heavy atom. The Balaban J connectivity index is 1.72. The summed E-state index contributed by atoms with van der Waals surface area (Å²) in [5.74, 6) is 1.20. The highest BCUT2D eigenvalue weighted by atomic mass is 32.1. The van der Waals surface area contributed by atoms with Gasteiger partial charge in [-0.3, -0.25) is 9.79 Å². The predicted molar refractivity (Wildman–Crippen MR) is 111 cm³/mol. The van der Waals surface area contributed by atoms with Crippen LogP contribution in [0.3, 0.4) is 0 Å². The maximum absolute atomic E-state index is 12.2. The number of guanidine groups is 1. The van der Waals surface area contributed by atoms with Crippen molar-refractivity contribution in [2.45, 2.75) is 19.3 Å². The standard InChI is InChI=1S/C20H26N4O2S/c1-22-20(21)24-13-5-9-17-10-11-18(27-17)19(25)23-12-4-7-15-6-3-8-16(14-15)26-2/h3,5-6,8,10-11,13-14H,4,7,9,12H2,1-2H3,(H,23,25)(H3,21,22,24)/b13-5-. The van der Waals surface area contributed by atoms with Crippen molar-refractivity contribution in [3.63, 3.8) is 0 Å². The van der Waals surface area contributed by atoms with Crippen LogP contribution in [0, 0.1) is 0 Å². The third-order valence-corrected chi connectivity index (χ3v) is 4.96. The summed E-state index contributed by atoms with van der Waals surface area (Å²) in [6.45, 7) is 0.642. The summed E-state index contributed by atoms with van der Waals surface area (Å²) in [5, 5.41) is 5.83. The van der Waals surface area contributed by atoms with Gasteiger partial charge in [0.05, 0.1) is 12.0 Å². The van der Waals surface area contributed by atoms with Gasteiger partial charge in [-0.15, -0.1) is 11.3 Å². The SMILES string of the molecule is CN=C(N)N/C=C\Cc1ccc(C(=O)NCCCc2cccc(OC)c2)s1. The molecule has 4 N–H and O–H groups in total. The van der Waals surface area contributed by atoms with E-state index in [1.807, 2.05) is 36.4 Å². The van der Waals surface area contributed by atoms with Crippen LogP contribution in [0.15, 0.2) is 53.7 Å². The van der Waals surface area contributed by atoms with E-state index in [9.17, 15) is 4.79 Å². The number of aliphatic imine (C=N–C) groups is 1. The maximum atomic E-state index is 12.2. The summed E-state index contributed by atoms with van der Waals surface area (Å²) in [6, 6.07) is 11.8. The van der Waals surface area contributed by atoms with E-state index in [2.05, 4.69) is 21.7 Å². The molecular formula is C20H26N4O2S. The quantitative estimate of drug-likeness (QED) is 0.351. The fraction of sp³-hybridized carbons (Fsp3) is 0.300. The second-order valence-electron chi connectivity index (χ2n) is 5.84. The first kappa shape index (κ1) is 20.5. The molecule has 1 aromatic carbocycles. The first-order chi connectivity index (χ1) is 13.1. The van der Waals surface area contributed by atoms with Gasteiger partial charge in [0.25, 0.3) is 5.91 Å². The lowest BCUT2D eigenvalue weighted by molar-refractivity contribution is 0.0957. The van der Waals surface area contributed by atoms with Gasteiger partial charge in [0.2, 0.25) is 0 Å². The number of carbonyl (C=O) groups excluding carboxylic acids is 1. The zero-order valence-electron chi connectivity index (χ0n) is 15.7. The number of hydrogen-bond acceptors (Lipinski definition) is 4. The molecule has 0 aliphatic rings. The van der Waals surface area contributed by atoms with Crippen molar-refractivity contribution in [3.05, 3.63) is 64.0 Å². The van der Waals surface area contributed by atoms with Crippen LogP contribution in [0.5, 0.6) is 5.75 Å². The molecular weight excluding hydrogens is 360 g/mol. The summed E-state index contributed by atoms with van der Waals surface area (Å²) in [4.78, 5) is 17.9. The molecule has 0 saturated carbocycles. The molecule has 0 fully saturated rings. The van der Waals surface area contributed by atoms with Gasteiger partial charge < -0.3 is 21.1 Å². The molecule has 144 valence electrons. The zero-order chi connectivity index (χ0) is 19.5. The predicted octanol–water partition coefficient (Wildman–Crippen LogP) is 2.71. The van der Waals surface area contributed by atoms with Gasteiger partial charge in [-0.2, -0.15) is 0 Å². The van der Waals surface area contributed by atoms with E-state index in [1.54, 1.807) is 20.4 Å². The Labute approximate surface area is 164 Å². The van der Waals surface area contributed by atoms with Crippen molar-refractivity contribution in [1.82, 2.24) is 10.6 Å². The van der Waals surface area contributed by atoms with Gasteiger partial charge >= 0.3 is 0 Å². The fourth-order valence-corrected chi connectivity index (χ4v) is 3.30. The molecule has 0 aliphatic carbocycles. The monoisotopic (exact) mass is 386 g/mol. The minimum atomic E-state index is -0.0265. The van der Waals surface area contributed by atoms with Crippen molar-refractivity contribution < 1.29 is 9.53 Å². The van der Waals surface area contributed by atoms with Crippen molar-refractivity contribution in [1.29, 1.82) is 0 Å². The number of nitrogens with one attached hydrogen (secondary N) is 2. The van der Waals surface area contributed by atoms with Crippen LogP contribution < -0.4 is 21.1 Å². The Morgan fingerprint density at radius 3 is 2.96 bits per heavy atom. The molecule has 0 unspecified atom stereocenters. The van der Waals surface area contributed by atoms with E-state index < -0.39 is 0 Å². The number of ether oxygens (including phenoxy) is 1. The Bertz CT molecular complexity index is 799. The second kappa shape index (κ2) is 11.0. The molecule has 27 heavy (non-hydrogen) atoms. The topological polar surface area (TPSA) is 88.7 Å². The first-order valence-electron chi connectivity index (χ1n) is 8.76. The number of benzene rings is 1. The van der Waals surface area contributed by atoms with Crippen LogP contribution in [0.2, 0.25) is 0 Å². The molecule has 2 aromatic rings. The number of nitrogens with two attached hydrogens (primary N) is 1. The van der Waals surface area contributed by atoms with Crippen molar-refractivity contribution >= 4 is 23.2 Å². The van der Waals surface area contributed by atoms with E-state index in [-0.39, 0.29) is 5.91 Å². The van der Waals surface area contributed by atoms with Gasteiger partial charge in [0, 0.05) is 31.1 Å². The first-order valence-corrected chi connectivity index (χ1v) is 9.57. The van der Waals surface area contributed by atoms with E-state index in [4.69, 9.17) is 10.5 Å². The van der Waals surface area contributed by atoms with Crippen molar-refractivity contribution in [2.75, 3.05) is 20.7 Å². The lowest BCUT2D eigenvalue weighted by atomic mass is 10.1. The molecule has 6 nitrogen and oxygen atoms in total. The Kier molecular flexibility index (Phi) is 8.38. The number of hydrogen-bond donors (Lipinski definition) is 3. The molecule has 0 aliphatic heterocycles. The number of methoxy groups -OCH3 is 1. The van der Waals surface area contributed by atoms with Gasteiger partial charge in [0.15, 0.2) is 5.96 Å². The number of allylic oxidation sites excluding steroid dienone is 1. The molecule has 0 spiro atoms. The number of carbonyl (C=O) groups is 1. The molecule has 0 bridgehead atoms. The number of thiophene rings is 1. The van der Waals surface area contributed by atoms with Crippen molar-refractivity contribution in [3.8, 4) is 5.75 Å². The minimum Gasteiger partial charge on any atom is -0.497 e. The average Bonchev–Trinajstić information content (AvgIpc) is 3.17. The fourth-order valence-electron chi connectivity index (χ4n) is 2.40. The lowest BCUT2D eigenvalue weighted by Crippen LogP contribution is -2.26. The number of aryl methyl sites for hydroxylation is 1. The van der Waals surface area contributed by atoms with E-state index >= 15 is 0 Å². The summed E-state index contributed by atoms with van der Waals surface area (Å²) in [5.41, 5.74) is 6.74. The molecule has 0 saturated heterocycles. The maximum Gasteiger partial charge on any atom is 0.261 e. The average molecular weight is 387 g/mol. The molecule has 7 heteroatoms. The highest BCUT2D eigenvalue weighted by Gasteiger charge is 2.08. The van der Waals surface area contributed by atoms with E-state index in [0.717, 1.165) is 34.8 Å². The third kappa shape index (κ3) is 7.15. The summed E-state index contributed by atoms with van der Waals surface area (Å²) in [7, 11) is 3.28. The molecule has 1 heterocycles. The Morgan fingerprint density at radius 1 is 1.33 bits per heavy atom. The van der Waals surface area contributed by atoms with Crippen LogP contribution in [0.4, 0.5) is 0 Å². The smallest absolute Gasteiger partial charge is 0.261 e. The number of rotatable bonds is 9. The number of nitrogens with zero attached hydrogens (tertiary/aromatic N) is 1. The molecule has 1 amide bonds. The normalized spacial score (nSPS) is 11.6. The Hall–Kier alpha value is -2.80. The highest BCUT2D eigenvalue weighted by molar-refractivity contribution is 7.14. The molecule has 1 aromatic heterocycles. The van der Waals surface area contributed by atoms with E-state index in [1.165, 1.54) is 16.9 Å². The van der Waals surface area contributed by atoms with E-state index in [0.29, 0.717) is 12.5 Å². The summed E-state index contributed by atoms with van der Waals surface area (Å²) in [6.07, 6.45) is 6.21.